The summed E-state index contributed by atoms with van der Waals surface area (Å²) in [7, 11) is 1.23. The molecule has 0 radical (unpaired) electrons. The molecule has 1 aromatic carbocycles. The van der Waals surface area contributed by atoms with E-state index < -0.39 is 23.7 Å². The van der Waals surface area contributed by atoms with Crippen molar-refractivity contribution >= 4 is 23.6 Å². The fourth-order valence-corrected chi connectivity index (χ4v) is 1.33. The van der Waals surface area contributed by atoms with Gasteiger partial charge in [0.05, 0.1) is 24.6 Å². The molecule has 0 aliphatic carbocycles. The molecule has 0 unspecified atom stereocenters. The van der Waals surface area contributed by atoms with Crippen LogP contribution in [0.1, 0.15) is 17.3 Å². The third-order valence-corrected chi connectivity index (χ3v) is 2.16. The van der Waals surface area contributed by atoms with E-state index in [1.54, 1.807) is 18.2 Å². The highest BCUT2D eigenvalue weighted by atomic mass is 16.6. The summed E-state index contributed by atoms with van der Waals surface area (Å²) in [5, 5.41) is 11.4. The van der Waals surface area contributed by atoms with Crippen molar-refractivity contribution in [2.45, 2.75) is 6.92 Å². The Morgan fingerprint density at radius 2 is 1.90 bits per heavy atom. The fraction of sp³-hybridized carbons (Fsp3) is 0.154. The van der Waals surface area contributed by atoms with E-state index in [9.17, 15) is 14.4 Å². The number of aliphatic carboxylic acids is 1. The number of carboxylic acid groups (broad SMARTS) is 1. The first kappa shape index (κ1) is 15.2. The topological polar surface area (TPSA) is 102 Å². The molecular weight excluding hydrogens is 266 g/mol. The second-order valence-corrected chi connectivity index (χ2v) is 3.59. The number of benzene rings is 1. The zero-order chi connectivity index (χ0) is 15.1. The molecule has 0 saturated carbocycles. The number of hydrogen-bond donors (Lipinski definition) is 2. The number of esters is 2. The van der Waals surface area contributed by atoms with Gasteiger partial charge in [-0.1, -0.05) is 12.1 Å². The highest BCUT2D eigenvalue weighted by molar-refractivity contribution is 5.96. The Balaban J connectivity index is 3.00. The van der Waals surface area contributed by atoms with E-state index in [0.717, 1.165) is 13.1 Å². The van der Waals surface area contributed by atoms with Crippen LogP contribution in [0.2, 0.25) is 0 Å². The highest BCUT2D eigenvalue weighted by Crippen LogP contribution is 2.16. The van der Waals surface area contributed by atoms with E-state index in [2.05, 4.69) is 14.8 Å². The van der Waals surface area contributed by atoms with Crippen LogP contribution in [0.4, 0.5) is 5.69 Å². The third-order valence-electron chi connectivity index (χ3n) is 2.16. The standard InChI is InChI=1S/C13H13NO6/c1-8(15)20-11(12(16)17)7-14-10-6-4-3-5-9(10)13(18)19-2/h3-7,14H,1-2H3,(H,16,17)/b11-7-. The first-order chi connectivity index (χ1) is 9.45. The molecule has 0 fully saturated rings. The second kappa shape index (κ2) is 6.93. The molecule has 0 saturated heterocycles. The molecule has 7 nitrogen and oxygen atoms in total. The Bertz CT molecular complexity index is 564. The average molecular weight is 279 g/mol. The van der Waals surface area contributed by atoms with Crippen LogP contribution in [0.25, 0.3) is 0 Å². The van der Waals surface area contributed by atoms with Crippen molar-refractivity contribution in [3.05, 3.63) is 41.8 Å². The van der Waals surface area contributed by atoms with Crippen molar-refractivity contribution in [2.75, 3.05) is 12.4 Å². The van der Waals surface area contributed by atoms with E-state index in [1.807, 2.05) is 0 Å². The molecule has 0 atom stereocenters. The van der Waals surface area contributed by atoms with Gasteiger partial charge in [0.1, 0.15) is 0 Å². The smallest absolute Gasteiger partial charge is 0.373 e. The molecule has 0 aliphatic rings. The Labute approximate surface area is 114 Å². The van der Waals surface area contributed by atoms with Gasteiger partial charge in [-0.15, -0.1) is 0 Å². The van der Waals surface area contributed by atoms with Gasteiger partial charge in [0.25, 0.3) is 0 Å². The first-order valence-electron chi connectivity index (χ1n) is 5.51. The predicted molar refractivity (Wildman–Crippen MR) is 68.9 cm³/mol. The quantitative estimate of drug-likeness (QED) is 0.476. The molecule has 0 amide bonds. The predicted octanol–water partition coefficient (Wildman–Crippen LogP) is 1.37. The number of hydrogen-bond acceptors (Lipinski definition) is 6. The zero-order valence-electron chi connectivity index (χ0n) is 10.9. The lowest BCUT2D eigenvalue weighted by molar-refractivity contribution is -0.146. The summed E-state index contributed by atoms with van der Waals surface area (Å²) >= 11 is 0. The molecule has 20 heavy (non-hydrogen) atoms. The van der Waals surface area contributed by atoms with Crippen LogP contribution in [-0.4, -0.2) is 30.1 Å². The number of anilines is 1. The molecule has 0 aromatic heterocycles. The number of carboxylic acids is 1. The lowest BCUT2D eigenvalue weighted by Gasteiger charge is -2.08. The van der Waals surface area contributed by atoms with Gasteiger partial charge in [-0.2, -0.15) is 0 Å². The van der Waals surface area contributed by atoms with Crippen molar-refractivity contribution in [2.24, 2.45) is 0 Å². The SMILES string of the molecule is COC(=O)c1ccccc1N/C=C(\OC(C)=O)C(=O)O. The maximum absolute atomic E-state index is 11.5. The maximum Gasteiger partial charge on any atom is 0.373 e. The van der Waals surface area contributed by atoms with Crippen LogP contribution in [0.5, 0.6) is 0 Å². The Morgan fingerprint density at radius 3 is 2.45 bits per heavy atom. The highest BCUT2D eigenvalue weighted by Gasteiger charge is 2.13. The van der Waals surface area contributed by atoms with Gasteiger partial charge in [0.2, 0.25) is 5.76 Å². The molecule has 1 rings (SSSR count). The van der Waals surface area contributed by atoms with Crippen molar-refractivity contribution in [1.29, 1.82) is 0 Å². The largest absolute Gasteiger partial charge is 0.475 e. The number of ether oxygens (including phenoxy) is 2. The minimum Gasteiger partial charge on any atom is -0.475 e. The molecule has 0 bridgehead atoms. The van der Waals surface area contributed by atoms with Gasteiger partial charge in [-0.25, -0.2) is 9.59 Å². The number of rotatable bonds is 5. The molecule has 106 valence electrons. The zero-order valence-corrected chi connectivity index (χ0v) is 10.9. The van der Waals surface area contributed by atoms with Crippen molar-refractivity contribution in [3.8, 4) is 0 Å². The summed E-state index contributed by atoms with van der Waals surface area (Å²) in [6.45, 7) is 1.08. The van der Waals surface area contributed by atoms with Crippen molar-refractivity contribution in [3.63, 3.8) is 0 Å². The molecule has 1 aromatic rings. The van der Waals surface area contributed by atoms with Crippen LogP contribution in [0, 0.1) is 0 Å². The number of nitrogens with one attached hydrogen (secondary N) is 1. The second-order valence-electron chi connectivity index (χ2n) is 3.59. The van der Waals surface area contributed by atoms with E-state index >= 15 is 0 Å². The monoisotopic (exact) mass is 279 g/mol. The Kier molecular flexibility index (Phi) is 5.28. The summed E-state index contributed by atoms with van der Waals surface area (Å²) in [5.74, 6) is -3.34. The maximum atomic E-state index is 11.5. The summed E-state index contributed by atoms with van der Waals surface area (Å²) < 4.78 is 9.10. The van der Waals surface area contributed by atoms with Gasteiger partial charge >= 0.3 is 17.9 Å². The van der Waals surface area contributed by atoms with Gasteiger partial charge in [0.15, 0.2) is 0 Å². The van der Waals surface area contributed by atoms with Gasteiger partial charge < -0.3 is 19.9 Å². The van der Waals surface area contributed by atoms with Crippen molar-refractivity contribution in [1.82, 2.24) is 0 Å². The molecule has 2 N–H and O–H groups in total. The third kappa shape index (κ3) is 4.13. The normalized spacial score (nSPS) is 10.6. The van der Waals surface area contributed by atoms with E-state index in [1.165, 1.54) is 13.2 Å². The first-order valence-corrected chi connectivity index (χ1v) is 5.51. The minimum atomic E-state index is -1.41. The average Bonchev–Trinajstić information content (AvgIpc) is 2.42. The summed E-state index contributed by atoms with van der Waals surface area (Å²) in [5.41, 5.74) is 0.545. The Hall–Kier alpha value is -2.83. The molecular formula is C13H13NO6. The summed E-state index contributed by atoms with van der Waals surface area (Å²) in [4.78, 5) is 33.1. The molecule has 0 heterocycles. The van der Waals surface area contributed by atoms with Crippen LogP contribution < -0.4 is 5.32 Å². The van der Waals surface area contributed by atoms with Crippen LogP contribution in [0.3, 0.4) is 0 Å². The fourth-order valence-electron chi connectivity index (χ4n) is 1.33. The molecule has 0 aliphatic heterocycles. The van der Waals surface area contributed by atoms with Crippen LogP contribution in [0.15, 0.2) is 36.2 Å². The number of para-hydroxylation sites is 1. The number of methoxy groups -OCH3 is 1. The van der Waals surface area contributed by atoms with Gasteiger partial charge in [0, 0.05) is 6.92 Å². The number of carbonyl (C=O) groups excluding carboxylic acids is 2. The summed E-state index contributed by atoms with van der Waals surface area (Å²) in [6, 6.07) is 6.34. The van der Waals surface area contributed by atoms with Gasteiger partial charge in [-0.05, 0) is 12.1 Å². The van der Waals surface area contributed by atoms with Crippen molar-refractivity contribution < 1.29 is 29.0 Å². The number of carbonyl (C=O) groups is 3. The minimum absolute atomic E-state index is 0.221. The Morgan fingerprint density at radius 1 is 1.25 bits per heavy atom. The van der Waals surface area contributed by atoms with E-state index in [-0.39, 0.29) is 5.56 Å². The lowest BCUT2D eigenvalue weighted by Crippen LogP contribution is -2.11. The van der Waals surface area contributed by atoms with Crippen LogP contribution in [-0.2, 0) is 19.1 Å². The molecule has 7 heteroatoms. The van der Waals surface area contributed by atoms with E-state index in [4.69, 9.17) is 5.11 Å². The lowest BCUT2D eigenvalue weighted by atomic mass is 10.2. The van der Waals surface area contributed by atoms with Crippen LogP contribution >= 0.6 is 0 Å². The van der Waals surface area contributed by atoms with Gasteiger partial charge in [-0.3, -0.25) is 4.79 Å². The molecule has 0 spiro atoms. The summed E-state index contributed by atoms with van der Waals surface area (Å²) in [6.07, 6.45) is 0.978. The van der Waals surface area contributed by atoms with E-state index in [0.29, 0.717) is 5.69 Å².